The number of aromatic hydroxyl groups is 1. The van der Waals surface area contributed by atoms with E-state index in [-0.39, 0.29) is 28.3 Å². The van der Waals surface area contributed by atoms with E-state index in [0.717, 1.165) is 0 Å². The third-order valence-corrected chi connectivity index (χ3v) is 4.73. The number of halogens is 1. The smallest absolute Gasteiger partial charge is 0.269 e. The van der Waals surface area contributed by atoms with Crippen molar-refractivity contribution in [2.75, 3.05) is 5.73 Å². The first-order valence-corrected chi connectivity index (χ1v) is 8.79. The van der Waals surface area contributed by atoms with E-state index in [1.165, 1.54) is 36.4 Å². The van der Waals surface area contributed by atoms with E-state index < -0.39 is 10.7 Å². The third-order valence-electron chi connectivity index (χ3n) is 4.49. The van der Waals surface area contributed by atoms with E-state index in [0.29, 0.717) is 27.4 Å². The number of phenolic OH excluding ortho intramolecular Hbond substituents is 1. The minimum absolute atomic E-state index is 0.0291. The highest BCUT2D eigenvalue weighted by molar-refractivity contribution is 6.31. The summed E-state index contributed by atoms with van der Waals surface area (Å²) < 4.78 is 0. The maximum atomic E-state index is 12.9. The van der Waals surface area contributed by atoms with Crippen LogP contribution < -0.4 is 5.73 Å². The van der Waals surface area contributed by atoms with Gasteiger partial charge in [-0.3, -0.25) is 14.9 Å². The van der Waals surface area contributed by atoms with Gasteiger partial charge in [-0.25, -0.2) is 4.98 Å². The topological polar surface area (TPSA) is 135 Å². The number of nitrogens with one attached hydrogen (secondary N) is 1. The van der Waals surface area contributed by atoms with E-state index in [9.17, 15) is 20.0 Å². The van der Waals surface area contributed by atoms with Crippen LogP contribution in [0.1, 0.15) is 15.9 Å². The molecule has 0 aliphatic rings. The number of nitro groups is 1. The summed E-state index contributed by atoms with van der Waals surface area (Å²) in [6, 6.07) is 13.3. The third kappa shape index (κ3) is 3.26. The second-order valence-electron chi connectivity index (χ2n) is 6.30. The number of nitrogen functional groups attached to an aromatic ring is 1. The Labute approximate surface area is 168 Å². The lowest BCUT2D eigenvalue weighted by Gasteiger charge is -2.07. The summed E-state index contributed by atoms with van der Waals surface area (Å²) in [7, 11) is 0. The van der Waals surface area contributed by atoms with Crippen LogP contribution in [0.15, 0.2) is 54.6 Å². The maximum absolute atomic E-state index is 12.9. The van der Waals surface area contributed by atoms with Gasteiger partial charge < -0.3 is 15.8 Å². The van der Waals surface area contributed by atoms with Gasteiger partial charge in [-0.15, -0.1) is 0 Å². The van der Waals surface area contributed by atoms with E-state index in [1.54, 1.807) is 18.2 Å². The summed E-state index contributed by atoms with van der Waals surface area (Å²) in [4.78, 5) is 30.7. The number of phenols is 1. The molecule has 4 rings (SSSR count). The molecule has 0 atom stereocenters. The second-order valence-corrected chi connectivity index (χ2v) is 6.74. The summed E-state index contributed by atoms with van der Waals surface area (Å²) in [6.45, 7) is 0. The zero-order chi connectivity index (χ0) is 20.7. The zero-order valence-electron chi connectivity index (χ0n) is 14.7. The Morgan fingerprint density at radius 2 is 1.83 bits per heavy atom. The lowest BCUT2D eigenvalue weighted by molar-refractivity contribution is -0.384. The molecule has 0 saturated heterocycles. The molecule has 29 heavy (non-hydrogen) atoms. The van der Waals surface area contributed by atoms with Crippen molar-refractivity contribution in [3.8, 4) is 17.1 Å². The molecule has 0 saturated carbocycles. The number of fused-ring (bicyclic) bond motifs is 1. The molecule has 0 unspecified atom stereocenters. The highest BCUT2D eigenvalue weighted by atomic mass is 35.5. The minimum atomic E-state index is -0.483. The van der Waals surface area contributed by atoms with Crippen LogP contribution >= 0.6 is 11.6 Å². The number of ketones is 1. The number of benzene rings is 3. The van der Waals surface area contributed by atoms with Crippen molar-refractivity contribution in [1.29, 1.82) is 0 Å². The molecule has 4 aromatic rings. The molecule has 3 aromatic carbocycles. The normalized spacial score (nSPS) is 10.9. The number of non-ortho nitro benzene ring substituents is 1. The molecule has 0 aliphatic heterocycles. The number of anilines is 1. The number of hydrogen-bond acceptors (Lipinski definition) is 6. The first-order chi connectivity index (χ1) is 13.8. The van der Waals surface area contributed by atoms with Gasteiger partial charge in [-0.1, -0.05) is 11.6 Å². The largest absolute Gasteiger partial charge is 0.507 e. The summed E-state index contributed by atoms with van der Waals surface area (Å²) in [5.41, 5.74) is 8.14. The number of H-pyrrole nitrogens is 1. The molecule has 9 heteroatoms. The van der Waals surface area contributed by atoms with Gasteiger partial charge >= 0.3 is 0 Å². The molecule has 0 aliphatic carbocycles. The molecule has 0 fully saturated rings. The number of carbonyl (C=O) groups excluding carboxylic acids is 1. The van der Waals surface area contributed by atoms with Crippen LogP contribution in [0.3, 0.4) is 0 Å². The quantitative estimate of drug-likeness (QED) is 0.199. The van der Waals surface area contributed by atoms with Crippen LogP contribution in [0.25, 0.3) is 22.4 Å². The Hall–Kier alpha value is -3.91. The number of carbonyl (C=O) groups is 1. The number of aromatic amines is 1. The second kappa shape index (κ2) is 6.92. The molecule has 0 radical (unpaired) electrons. The molecule has 8 nitrogen and oxygen atoms in total. The van der Waals surface area contributed by atoms with E-state index in [4.69, 9.17) is 17.3 Å². The molecule has 144 valence electrons. The van der Waals surface area contributed by atoms with Crippen molar-refractivity contribution in [1.82, 2.24) is 9.97 Å². The number of imidazole rings is 1. The molecule has 1 aromatic heterocycles. The molecule has 1 heterocycles. The lowest BCUT2D eigenvalue weighted by atomic mass is 10.0. The van der Waals surface area contributed by atoms with Crippen molar-refractivity contribution in [2.45, 2.75) is 0 Å². The van der Waals surface area contributed by atoms with Crippen molar-refractivity contribution >= 4 is 39.8 Å². The fraction of sp³-hybridized carbons (Fsp3) is 0. The lowest BCUT2D eigenvalue weighted by Crippen LogP contribution is -2.06. The van der Waals surface area contributed by atoms with Crippen molar-refractivity contribution in [3.05, 3.63) is 80.9 Å². The molecule has 0 amide bonds. The summed E-state index contributed by atoms with van der Waals surface area (Å²) in [5, 5.41) is 21.1. The number of nitrogens with zero attached hydrogens (tertiary/aromatic N) is 2. The zero-order valence-corrected chi connectivity index (χ0v) is 15.5. The molecule has 4 N–H and O–H groups in total. The number of nitro benzene ring substituents is 1. The predicted molar refractivity (Wildman–Crippen MR) is 109 cm³/mol. The van der Waals surface area contributed by atoms with Gasteiger partial charge in [0, 0.05) is 28.3 Å². The Bertz CT molecular complexity index is 1280. The average molecular weight is 409 g/mol. The van der Waals surface area contributed by atoms with Gasteiger partial charge in [-0.2, -0.15) is 0 Å². The van der Waals surface area contributed by atoms with Gasteiger partial charge in [0.25, 0.3) is 5.69 Å². The standard InChI is InChI=1S/C20H13ClN4O4/c21-11-3-8-16(26)14(9-11)19(27)13-6-7-15-18(17(13)22)24-20(23-15)10-1-4-12(5-2-10)25(28)29/h1-9,26H,22H2,(H,23,24). The fourth-order valence-electron chi connectivity index (χ4n) is 3.01. The van der Waals surface area contributed by atoms with Crippen molar-refractivity contribution in [3.63, 3.8) is 0 Å². The van der Waals surface area contributed by atoms with E-state index in [2.05, 4.69) is 9.97 Å². The Balaban J connectivity index is 1.77. The van der Waals surface area contributed by atoms with Crippen molar-refractivity contribution < 1.29 is 14.8 Å². The van der Waals surface area contributed by atoms with Crippen LogP contribution in [-0.4, -0.2) is 25.8 Å². The molecule has 0 spiro atoms. The van der Waals surface area contributed by atoms with E-state index >= 15 is 0 Å². The average Bonchev–Trinajstić information content (AvgIpc) is 3.15. The number of aromatic nitrogens is 2. The van der Waals surface area contributed by atoms with Crippen LogP contribution in [0.2, 0.25) is 5.02 Å². The van der Waals surface area contributed by atoms with Crippen LogP contribution in [0, 0.1) is 10.1 Å². The highest BCUT2D eigenvalue weighted by Gasteiger charge is 2.20. The van der Waals surface area contributed by atoms with Gasteiger partial charge in [0.1, 0.15) is 17.1 Å². The fourth-order valence-corrected chi connectivity index (χ4v) is 3.18. The Kier molecular flexibility index (Phi) is 4.40. The van der Waals surface area contributed by atoms with Gasteiger partial charge in [0.2, 0.25) is 0 Å². The number of hydrogen-bond donors (Lipinski definition) is 3. The Morgan fingerprint density at radius 3 is 2.52 bits per heavy atom. The minimum Gasteiger partial charge on any atom is -0.507 e. The molecule has 0 bridgehead atoms. The summed E-state index contributed by atoms with van der Waals surface area (Å²) >= 11 is 5.93. The van der Waals surface area contributed by atoms with Crippen LogP contribution in [-0.2, 0) is 0 Å². The number of nitrogens with two attached hydrogens (primary N) is 1. The van der Waals surface area contributed by atoms with Gasteiger partial charge in [-0.05, 0) is 42.5 Å². The first kappa shape index (κ1) is 18.5. The van der Waals surface area contributed by atoms with Gasteiger partial charge in [0.15, 0.2) is 5.78 Å². The van der Waals surface area contributed by atoms with Crippen LogP contribution in [0.4, 0.5) is 11.4 Å². The van der Waals surface area contributed by atoms with E-state index in [1.807, 2.05) is 0 Å². The van der Waals surface area contributed by atoms with Gasteiger partial charge in [0.05, 0.1) is 21.7 Å². The number of rotatable bonds is 4. The predicted octanol–water partition coefficient (Wildman–Crippen LogP) is 4.31. The Morgan fingerprint density at radius 1 is 1.10 bits per heavy atom. The van der Waals surface area contributed by atoms with Crippen molar-refractivity contribution in [2.24, 2.45) is 0 Å². The monoisotopic (exact) mass is 408 g/mol. The first-order valence-electron chi connectivity index (χ1n) is 8.41. The van der Waals surface area contributed by atoms with Crippen LogP contribution in [0.5, 0.6) is 5.75 Å². The summed E-state index contributed by atoms with van der Waals surface area (Å²) in [5.74, 6) is -0.228. The molecular formula is C20H13ClN4O4. The molecular weight excluding hydrogens is 396 g/mol. The highest BCUT2D eigenvalue weighted by Crippen LogP contribution is 2.31. The maximum Gasteiger partial charge on any atom is 0.269 e. The summed E-state index contributed by atoms with van der Waals surface area (Å²) in [6.07, 6.45) is 0. The SMILES string of the molecule is Nc1c(C(=O)c2cc(Cl)ccc2O)ccc2[nH]c(-c3ccc([N+](=O)[O-])cc3)nc12.